The van der Waals surface area contributed by atoms with Crippen molar-refractivity contribution in [3.05, 3.63) is 29.8 Å². The molecule has 0 unspecified atom stereocenters. The van der Waals surface area contributed by atoms with Gasteiger partial charge in [-0.3, -0.25) is 0 Å². The van der Waals surface area contributed by atoms with E-state index in [0.717, 1.165) is 6.42 Å². The Morgan fingerprint density at radius 3 is 2.15 bits per heavy atom. The first kappa shape index (κ1) is 10.8. The van der Waals surface area contributed by atoms with Crippen LogP contribution >= 0.6 is 10.7 Å². The van der Waals surface area contributed by atoms with Gasteiger partial charge in [-0.25, -0.2) is 8.42 Å². The molecular formula is C8H11ClO2SSi. The maximum absolute atomic E-state index is 10.9. The second-order valence-corrected chi connectivity index (χ2v) is 6.40. The topological polar surface area (TPSA) is 34.1 Å². The Morgan fingerprint density at radius 1 is 1.23 bits per heavy atom. The third-order valence-corrected chi connectivity index (χ3v) is 3.61. The number of hydrogen-bond acceptors (Lipinski definition) is 2. The summed E-state index contributed by atoms with van der Waals surface area (Å²) < 4.78 is 21.7. The van der Waals surface area contributed by atoms with E-state index in [0.29, 0.717) is 0 Å². The molecule has 72 valence electrons. The molecule has 0 N–H and O–H groups in total. The zero-order valence-corrected chi connectivity index (χ0v) is 10.9. The summed E-state index contributed by atoms with van der Waals surface area (Å²) in [7, 11) is 2.78. The average molecular weight is 235 g/mol. The highest BCUT2D eigenvalue weighted by molar-refractivity contribution is 8.13. The Hall–Kier alpha value is -0.323. The Labute approximate surface area is 85.8 Å². The molecule has 0 radical (unpaired) electrons. The summed E-state index contributed by atoms with van der Waals surface area (Å²) >= 11 is 0. The maximum atomic E-state index is 10.9. The van der Waals surface area contributed by atoms with Gasteiger partial charge in [0, 0.05) is 20.9 Å². The molecule has 0 aromatic heterocycles. The van der Waals surface area contributed by atoms with Crippen molar-refractivity contribution in [1.29, 1.82) is 0 Å². The molecule has 0 spiro atoms. The van der Waals surface area contributed by atoms with E-state index >= 15 is 0 Å². The Kier molecular flexibility index (Phi) is 3.52. The van der Waals surface area contributed by atoms with E-state index in [1.165, 1.54) is 21.9 Å². The molecule has 0 aliphatic rings. The van der Waals surface area contributed by atoms with Crippen LogP contribution in [-0.4, -0.2) is 18.7 Å². The van der Waals surface area contributed by atoms with Gasteiger partial charge in [0.1, 0.15) is 0 Å². The molecule has 1 aromatic carbocycles. The van der Waals surface area contributed by atoms with Crippen LogP contribution in [0.25, 0.3) is 0 Å². The van der Waals surface area contributed by atoms with Gasteiger partial charge in [-0.15, -0.1) is 0 Å². The smallest absolute Gasteiger partial charge is 0.207 e. The number of halogens is 1. The molecule has 0 aliphatic carbocycles. The molecule has 13 heavy (non-hydrogen) atoms. The molecule has 0 saturated carbocycles. The normalized spacial score (nSPS) is 11.8. The maximum Gasteiger partial charge on any atom is 0.261 e. The van der Waals surface area contributed by atoms with Crippen molar-refractivity contribution in [2.24, 2.45) is 0 Å². The number of hydrogen-bond donors (Lipinski definition) is 0. The van der Waals surface area contributed by atoms with Crippen molar-refractivity contribution < 1.29 is 8.42 Å². The quantitative estimate of drug-likeness (QED) is 0.576. The van der Waals surface area contributed by atoms with Crippen molar-refractivity contribution in [3.63, 3.8) is 0 Å². The van der Waals surface area contributed by atoms with E-state index in [2.05, 4.69) is 0 Å². The van der Waals surface area contributed by atoms with Gasteiger partial charge in [0.25, 0.3) is 9.05 Å². The number of aryl methyl sites for hydroxylation is 1. The minimum atomic E-state index is -3.55. The Bertz CT molecular complexity index is 372. The zero-order chi connectivity index (χ0) is 9.90. The van der Waals surface area contributed by atoms with Crippen molar-refractivity contribution in [2.45, 2.75) is 17.4 Å². The van der Waals surface area contributed by atoms with E-state index in [9.17, 15) is 8.42 Å². The van der Waals surface area contributed by atoms with Crippen LogP contribution in [0.2, 0.25) is 6.04 Å². The predicted molar refractivity (Wildman–Crippen MR) is 57.9 cm³/mol. The van der Waals surface area contributed by atoms with Gasteiger partial charge in [0.2, 0.25) is 0 Å². The summed E-state index contributed by atoms with van der Waals surface area (Å²) in [6, 6.07) is 7.91. The van der Waals surface area contributed by atoms with Crippen LogP contribution in [0, 0.1) is 0 Å². The highest BCUT2D eigenvalue weighted by Crippen LogP contribution is 2.15. The van der Waals surface area contributed by atoms with Crippen LogP contribution in [0.15, 0.2) is 29.2 Å². The minimum Gasteiger partial charge on any atom is -0.207 e. The van der Waals surface area contributed by atoms with E-state index in [1.54, 1.807) is 12.1 Å². The third-order valence-electron chi connectivity index (χ3n) is 1.74. The van der Waals surface area contributed by atoms with Gasteiger partial charge in [-0.1, -0.05) is 18.2 Å². The molecule has 0 atom stereocenters. The first-order valence-corrected chi connectivity index (χ1v) is 7.80. The van der Waals surface area contributed by atoms with Crippen LogP contribution in [-0.2, 0) is 15.5 Å². The summed E-state index contributed by atoms with van der Waals surface area (Å²) in [6.07, 6.45) is 1.02. The van der Waals surface area contributed by atoms with E-state index in [4.69, 9.17) is 10.7 Å². The lowest BCUT2D eigenvalue weighted by atomic mass is 10.2. The van der Waals surface area contributed by atoms with E-state index < -0.39 is 9.05 Å². The lowest BCUT2D eigenvalue weighted by molar-refractivity contribution is 0.609. The van der Waals surface area contributed by atoms with E-state index in [1.807, 2.05) is 12.1 Å². The van der Waals surface area contributed by atoms with Gasteiger partial charge in [-0.05, 0) is 24.1 Å². The van der Waals surface area contributed by atoms with Crippen molar-refractivity contribution in [3.8, 4) is 0 Å². The van der Waals surface area contributed by atoms with Crippen molar-refractivity contribution in [2.75, 3.05) is 0 Å². The summed E-state index contributed by atoms with van der Waals surface area (Å²) in [6.45, 7) is 0. The summed E-state index contributed by atoms with van der Waals surface area (Å²) in [5.74, 6) is 0. The lowest BCUT2D eigenvalue weighted by Gasteiger charge is -1.99. The fourth-order valence-corrected chi connectivity index (χ4v) is 2.45. The number of rotatable bonds is 3. The molecule has 1 aromatic rings. The monoisotopic (exact) mass is 234 g/mol. The second-order valence-electron chi connectivity index (χ2n) is 2.83. The van der Waals surface area contributed by atoms with Gasteiger partial charge >= 0.3 is 0 Å². The minimum absolute atomic E-state index is 0.172. The molecule has 0 saturated heterocycles. The van der Waals surface area contributed by atoms with Crippen LogP contribution < -0.4 is 0 Å². The van der Waals surface area contributed by atoms with Gasteiger partial charge in [0.15, 0.2) is 0 Å². The molecule has 0 heterocycles. The molecular weight excluding hydrogens is 224 g/mol. The average Bonchev–Trinajstić information content (AvgIpc) is 2.04. The Balaban J connectivity index is 2.94. The fourth-order valence-electron chi connectivity index (χ4n) is 1.11. The third kappa shape index (κ3) is 3.13. The molecule has 0 bridgehead atoms. The first-order valence-electron chi connectivity index (χ1n) is 4.07. The van der Waals surface area contributed by atoms with Crippen LogP contribution in [0.5, 0.6) is 0 Å². The zero-order valence-electron chi connectivity index (χ0n) is 7.33. The highest BCUT2D eigenvalue weighted by atomic mass is 35.7. The van der Waals surface area contributed by atoms with Crippen molar-refractivity contribution >= 4 is 30.0 Å². The largest absolute Gasteiger partial charge is 0.261 e. The first-order chi connectivity index (χ1) is 6.04. The van der Waals surface area contributed by atoms with Gasteiger partial charge < -0.3 is 0 Å². The highest BCUT2D eigenvalue weighted by Gasteiger charge is 2.08. The molecule has 2 nitrogen and oxygen atoms in total. The summed E-state index contributed by atoms with van der Waals surface area (Å²) in [4.78, 5) is 0.172. The standard InChI is InChI=1S/C8H11ClO2SSi/c9-12(10,11)8-3-1-7(2-4-8)5-6-13/h1-4H,5-6H2,13H3. The van der Waals surface area contributed by atoms with E-state index in [-0.39, 0.29) is 4.90 Å². The molecule has 0 aliphatic heterocycles. The van der Waals surface area contributed by atoms with Crippen LogP contribution in [0.4, 0.5) is 0 Å². The SMILES string of the molecule is O=S(=O)(Cl)c1ccc(CC[SiH3])cc1. The predicted octanol–water partition coefficient (Wildman–Crippen LogP) is 0.940. The lowest BCUT2D eigenvalue weighted by Crippen LogP contribution is -1.91. The summed E-state index contributed by atoms with van der Waals surface area (Å²) in [5.41, 5.74) is 1.17. The van der Waals surface area contributed by atoms with Gasteiger partial charge in [-0.2, -0.15) is 0 Å². The molecule has 1 rings (SSSR count). The van der Waals surface area contributed by atoms with Crippen molar-refractivity contribution in [1.82, 2.24) is 0 Å². The molecule has 0 amide bonds. The summed E-state index contributed by atoms with van der Waals surface area (Å²) in [5, 5.41) is 0. The molecule has 0 fully saturated rings. The number of benzene rings is 1. The molecule has 5 heteroatoms. The fraction of sp³-hybridized carbons (Fsp3) is 0.250. The van der Waals surface area contributed by atoms with Gasteiger partial charge in [0.05, 0.1) is 4.90 Å². The van der Waals surface area contributed by atoms with Crippen LogP contribution in [0.1, 0.15) is 5.56 Å². The second kappa shape index (κ2) is 4.26. The van der Waals surface area contributed by atoms with Crippen LogP contribution in [0.3, 0.4) is 0 Å². The Morgan fingerprint density at radius 2 is 1.77 bits per heavy atom.